The predicted molar refractivity (Wildman–Crippen MR) is 72.5 cm³/mol. The maximum Gasteiger partial charge on any atom is 0.433 e. The van der Waals surface area contributed by atoms with Gasteiger partial charge >= 0.3 is 6.18 Å². The number of hydrogen-bond donors (Lipinski definition) is 0. The number of aromatic nitrogens is 1. The molecule has 0 aromatic carbocycles. The Bertz CT molecular complexity index is 587. The van der Waals surface area contributed by atoms with Gasteiger partial charge in [-0.2, -0.15) is 13.2 Å². The Morgan fingerprint density at radius 2 is 1.86 bits per heavy atom. The molecule has 2 rings (SSSR count). The molecule has 0 spiro atoms. The molecule has 1 fully saturated rings. The second-order valence-corrected chi connectivity index (χ2v) is 6.88. The lowest BCUT2D eigenvalue weighted by Crippen LogP contribution is -2.34. The molecule has 0 radical (unpaired) electrons. The Morgan fingerprint density at radius 1 is 1.14 bits per heavy atom. The van der Waals surface area contributed by atoms with E-state index in [0.29, 0.717) is 38.3 Å². The molecule has 0 atom stereocenters. The van der Waals surface area contributed by atoms with Crippen molar-refractivity contribution in [2.24, 2.45) is 0 Å². The van der Waals surface area contributed by atoms with Gasteiger partial charge in [0.05, 0.1) is 18.1 Å². The largest absolute Gasteiger partial charge is 0.433 e. The third-order valence-corrected chi connectivity index (χ3v) is 4.63. The van der Waals surface area contributed by atoms with Crippen LogP contribution in [0.1, 0.15) is 12.1 Å². The molecule has 0 unspecified atom stereocenters. The van der Waals surface area contributed by atoms with Crippen molar-refractivity contribution in [2.45, 2.75) is 12.6 Å². The van der Waals surface area contributed by atoms with Crippen LogP contribution in [0.2, 0.25) is 0 Å². The summed E-state index contributed by atoms with van der Waals surface area (Å²) in [6, 6.07) is 2.31. The molecule has 21 heavy (non-hydrogen) atoms. The van der Waals surface area contributed by atoms with Gasteiger partial charge < -0.3 is 4.90 Å². The van der Waals surface area contributed by atoms with Crippen molar-refractivity contribution in [3.8, 4) is 0 Å². The summed E-state index contributed by atoms with van der Waals surface area (Å²) in [5.41, 5.74) is -0.364. The first-order chi connectivity index (χ1) is 9.68. The third kappa shape index (κ3) is 4.07. The SMILES string of the molecule is CS(=O)(=O)N1CCCN(c2ccc(C(F)(F)F)nc2)CC1. The zero-order valence-corrected chi connectivity index (χ0v) is 12.3. The lowest BCUT2D eigenvalue weighted by atomic mass is 10.3. The van der Waals surface area contributed by atoms with Crippen LogP contribution < -0.4 is 4.90 Å². The van der Waals surface area contributed by atoms with Crippen molar-refractivity contribution in [2.75, 3.05) is 37.3 Å². The Balaban J connectivity index is 2.09. The second kappa shape index (κ2) is 5.80. The van der Waals surface area contributed by atoms with Gasteiger partial charge in [0.2, 0.25) is 10.0 Å². The van der Waals surface area contributed by atoms with Gasteiger partial charge in [-0.3, -0.25) is 0 Å². The smallest absolute Gasteiger partial charge is 0.369 e. The summed E-state index contributed by atoms with van der Waals surface area (Å²) >= 11 is 0. The molecule has 0 bridgehead atoms. The quantitative estimate of drug-likeness (QED) is 0.829. The van der Waals surface area contributed by atoms with Crippen LogP contribution in [0.3, 0.4) is 0 Å². The molecule has 1 aliphatic rings. The average molecular weight is 323 g/mol. The van der Waals surface area contributed by atoms with Crippen LogP contribution in [-0.2, 0) is 16.2 Å². The standard InChI is InChI=1S/C12H16F3N3O2S/c1-21(19,20)18-6-2-5-17(7-8-18)10-3-4-11(16-9-10)12(13,14)15/h3-4,9H,2,5-8H2,1H3. The maximum absolute atomic E-state index is 12.5. The van der Waals surface area contributed by atoms with Crippen LogP contribution in [-0.4, -0.2) is 50.1 Å². The van der Waals surface area contributed by atoms with Gasteiger partial charge in [0, 0.05) is 26.2 Å². The highest BCUT2D eigenvalue weighted by molar-refractivity contribution is 7.88. The summed E-state index contributed by atoms with van der Waals surface area (Å²) < 4.78 is 61.8. The summed E-state index contributed by atoms with van der Waals surface area (Å²) in [7, 11) is -3.24. The molecule has 2 heterocycles. The fraction of sp³-hybridized carbons (Fsp3) is 0.583. The molecule has 118 valence electrons. The summed E-state index contributed by atoms with van der Waals surface area (Å²) in [6.07, 6.45) is -1.50. The van der Waals surface area contributed by atoms with Crippen molar-refractivity contribution in [1.29, 1.82) is 0 Å². The van der Waals surface area contributed by atoms with Gasteiger partial charge in [-0.05, 0) is 18.6 Å². The molecule has 0 N–H and O–H groups in total. The van der Waals surface area contributed by atoms with Gasteiger partial charge in [0.1, 0.15) is 5.69 Å². The maximum atomic E-state index is 12.5. The third-order valence-electron chi connectivity index (χ3n) is 3.33. The summed E-state index contributed by atoms with van der Waals surface area (Å²) in [5, 5.41) is 0. The van der Waals surface area contributed by atoms with Crippen molar-refractivity contribution >= 4 is 15.7 Å². The van der Waals surface area contributed by atoms with Crippen LogP contribution in [0.15, 0.2) is 18.3 Å². The van der Waals surface area contributed by atoms with Crippen LogP contribution in [0.4, 0.5) is 18.9 Å². The van der Waals surface area contributed by atoms with Crippen LogP contribution in [0.25, 0.3) is 0 Å². The molecule has 5 nitrogen and oxygen atoms in total. The number of hydrogen-bond acceptors (Lipinski definition) is 4. The highest BCUT2D eigenvalue weighted by Gasteiger charge is 2.32. The molecule has 1 saturated heterocycles. The molecule has 9 heteroatoms. The van der Waals surface area contributed by atoms with Crippen molar-refractivity contribution in [3.05, 3.63) is 24.0 Å². The fourth-order valence-electron chi connectivity index (χ4n) is 2.22. The molecular weight excluding hydrogens is 307 g/mol. The molecule has 0 amide bonds. The monoisotopic (exact) mass is 323 g/mol. The Hall–Kier alpha value is -1.35. The van der Waals surface area contributed by atoms with Crippen LogP contribution >= 0.6 is 0 Å². The summed E-state index contributed by atoms with van der Waals surface area (Å²) in [4.78, 5) is 5.27. The van der Waals surface area contributed by atoms with Gasteiger partial charge in [-0.1, -0.05) is 0 Å². The summed E-state index contributed by atoms with van der Waals surface area (Å²) in [6.45, 7) is 1.75. The highest BCUT2D eigenvalue weighted by atomic mass is 32.2. The minimum Gasteiger partial charge on any atom is -0.369 e. The molecular formula is C12H16F3N3O2S. The number of nitrogens with zero attached hydrogens (tertiary/aromatic N) is 3. The van der Waals surface area contributed by atoms with E-state index < -0.39 is 21.9 Å². The number of sulfonamides is 1. The highest BCUT2D eigenvalue weighted by Crippen LogP contribution is 2.28. The van der Waals surface area contributed by atoms with E-state index in [1.165, 1.54) is 16.6 Å². The van der Waals surface area contributed by atoms with Gasteiger partial charge in [-0.25, -0.2) is 17.7 Å². The summed E-state index contributed by atoms with van der Waals surface area (Å²) in [5.74, 6) is 0. The normalized spacial score (nSPS) is 18.6. The molecule has 1 aliphatic heterocycles. The van der Waals surface area contributed by atoms with Crippen molar-refractivity contribution in [3.63, 3.8) is 0 Å². The van der Waals surface area contributed by atoms with Gasteiger partial charge in [0.25, 0.3) is 0 Å². The van der Waals surface area contributed by atoms with Crippen LogP contribution in [0, 0.1) is 0 Å². The fourth-order valence-corrected chi connectivity index (χ4v) is 3.10. The van der Waals surface area contributed by atoms with Crippen molar-refractivity contribution < 1.29 is 21.6 Å². The van der Waals surface area contributed by atoms with Gasteiger partial charge in [-0.15, -0.1) is 0 Å². The predicted octanol–water partition coefficient (Wildman–Crippen LogP) is 1.57. The van der Waals surface area contributed by atoms with Crippen molar-refractivity contribution in [1.82, 2.24) is 9.29 Å². The first kappa shape index (κ1) is 16.0. The lowest BCUT2D eigenvalue weighted by Gasteiger charge is -2.23. The Labute approximate surface area is 121 Å². The number of halogens is 3. The molecule has 0 saturated carbocycles. The van der Waals surface area contributed by atoms with Gasteiger partial charge in [0.15, 0.2) is 0 Å². The average Bonchev–Trinajstić information content (AvgIpc) is 2.63. The lowest BCUT2D eigenvalue weighted by molar-refractivity contribution is -0.141. The number of alkyl halides is 3. The number of pyridine rings is 1. The first-order valence-electron chi connectivity index (χ1n) is 6.41. The topological polar surface area (TPSA) is 53.5 Å². The zero-order valence-electron chi connectivity index (χ0n) is 11.5. The van der Waals surface area contributed by atoms with E-state index in [4.69, 9.17) is 0 Å². The van der Waals surface area contributed by atoms with E-state index in [1.54, 1.807) is 0 Å². The number of anilines is 1. The van der Waals surface area contributed by atoms with E-state index in [1.807, 2.05) is 4.90 Å². The molecule has 0 aliphatic carbocycles. The first-order valence-corrected chi connectivity index (χ1v) is 8.26. The molecule has 1 aromatic rings. The minimum atomic E-state index is -4.45. The van der Waals surface area contributed by atoms with Crippen LogP contribution in [0.5, 0.6) is 0 Å². The number of rotatable bonds is 2. The molecule has 1 aromatic heterocycles. The van der Waals surface area contributed by atoms with E-state index in [2.05, 4.69) is 4.98 Å². The van der Waals surface area contributed by atoms with E-state index in [-0.39, 0.29) is 0 Å². The zero-order chi connectivity index (χ0) is 15.7. The van der Waals surface area contributed by atoms with E-state index in [9.17, 15) is 21.6 Å². The van der Waals surface area contributed by atoms with E-state index >= 15 is 0 Å². The second-order valence-electron chi connectivity index (χ2n) is 4.90. The van der Waals surface area contributed by atoms with E-state index in [0.717, 1.165) is 12.3 Å². The Kier molecular flexibility index (Phi) is 4.43. The minimum absolute atomic E-state index is 0.319. The Morgan fingerprint density at radius 3 is 2.38 bits per heavy atom.